The van der Waals surface area contributed by atoms with E-state index in [-0.39, 0.29) is 0 Å². The molecule has 0 heterocycles. The molecule has 0 saturated carbocycles. The molecular formula is C21H29NO. The normalized spacial score (nSPS) is 10.7. The van der Waals surface area contributed by atoms with E-state index in [9.17, 15) is 0 Å². The van der Waals surface area contributed by atoms with E-state index in [1.165, 1.54) is 24.1 Å². The monoisotopic (exact) mass is 311 g/mol. The van der Waals surface area contributed by atoms with Crippen molar-refractivity contribution in [3.8, 4) is 0 Å². The maximum Gasteiger partial charge on any atom is 0.0641 e. The minimum absolute atomic E-state index is 0.799. The van der Waals surface area contributed by atoms with Gasteiger partial charge in [-0.3, -0.25) is 0 Å². The van der Waals surface area contributed by atoms with Crippen LogP contribution in [0.2, 0.25) is 0 Å². The van der Waals surface area contributed by atoms with Crippen LogP contribution >= 0.6 is 0 Å². The zero-order chi connectivity index (χ0) is 16.2. The molecule has 0 fully saturated rings. The van der Waals surface area contributed by atoms with Crippen molar-refractivity contribution in [1.82, 2.24) is 0 Å². The second-order valence-electron chi connectivity index (χ2n) is 5.88. The van der Waals surface area contributed by atoms with E-state index in [4.69, 9.17) is 4.74 Å². The van der Waals surface area contributed by atoms with Gasteiger partial charge in [-0.1, -0.05) is 61.9 Å². The van der Waals surface area contributed by atoms with Crippen molar-refractivity contribution in [2.45, 2.75) is 32.6 Å². The Morgan fingerprint density at radius 1 is 0.783 bits per heavy atom. The van der Waals surface area contributed by atoms with Gasteiger partial charge in [-0.2, -0.15) is 0 Å². The Balaban J connectivity index is 1.65. The molecule has 2 rings (SSSR count). The Morgan fingerprint density at radius 2 is 1.48 bits per heavy atom. The molecule has 0 radical (unpaired) electrons. The van der Waals surface area contributed by atoms with Crippen molar-refractivity contribution >= 4 is 5.69 Å². The van der Waals surface area contributed by atoms with Gasteiger partial charge >= 0.3 is 0 Å². The fraction of sp³-hybridized carbons (Fsp3) is 0.429. The maximum atomic E-state index is 5.85. The van der Waals surface area contributed by atoms with Gasteiger partial charge in [0, 0.05) is 25.4 Å². The van der Waals surface area contributed by atoms with Crippen molar-refractivity contribution in [3.05, 3.63) is 66.2 Å². The molecule has 0 aromatic heterocycles. The van der Waals surface area contributed by atoms with Gasteiger partial charge in [0.15, 0.2) is 0 Å². The van der Waals surface area contributed by atoms with Crippen LogP contribution in [-0.4, -0.2) is 26.3 Å². The molecule has 23 heavy (non-hydrogen) atoms. The number of rotatable bonds is 11. The average molecular weight is 311 g/mol. The van der Waals surface area contributed by atoms with E-state index in [0.29, 0.717) is 0 Å². The first-order valence-electron chi connectivity index (χ1n) is 8.82. The predicted molar refractivity (Wildman–Crippen MR) is 99.1 cm³/mol. The Bertz CT molecular complexity index is 512. The summed E-state index contributed by atoms with van der Waals surface area (Å²) in [6.07, 6.45) is 4.63. The van der Waals surface area contributed by atoms with Gasteiger partial charge in [-0.15, -0.1) is 0 Å². The number of benzene rings is 2. The summed E-state index contributed by atoms with van der Waals surface area (Å²) in [6, 6.07) is 21.3. The number of hydrogen-bond acceptors (Lipinski definition) is 2. The van der Waals surface area contributed by atoms with Crippen molar-refractivity contribution in [2.24, 2.45) is 0 Å². The molecule has 0 atom stereocenters. The largest absolute Gasteiger partial charge is 0.380 e. The van der Waals surface area contributed by atoms with Crippen LogP contribution in [0.25, 0.3) is 0 Å². The van der Waals surface area contributed by atoms with E-state index < -0.39 is 0 Å². The van der Waals surface area contributed by atoms with Gasteiger partial charge in [0.1, 0.15) is 0 Å². The number of para-hydroxylation sites is 1. The van der Waals surface area contributed by atoms with Crippen LogP contribution in [0, 0.1) is 0 Å². The van der Waals surface area contributed by atoms with Gasteiger partial charge in [0.25, 0.3) is 0 Å². The van der Waals surface area contributed by atoms with Crippen molar-refractivity contribution in [2.75, 3.05) is 31.2 Å². The molecule has 124 valence electrons. The molecule has 0 unspecified atom stereocenters. The highest BCUT2D eigenvalue weighted by atomic mass is 16.5. The van der Waals surface area contributed by atoms with Crippen LogP contribution in [0.3, 0.4) is 0 Å². The molecule has 0 aliphatic rings. The summed E-state index contributed by atoms with van der Waals surface area (Å²) < 4.78 is 5.85. The third-order valence-electron chi connectivity index (χ3n) is 4.01. The van der Waals surface area contributed by atoms with Gasteiger partial charge in [0.2, 0.25) is 0 Å². The van der Waals surface area contributed by atoms with E-state index in [0.717, 1.165) is 39.1 Å². The molecule has 0 aliphatic heterocycles. The molecule has 2 aromatic carbocycles. The topological polar surface area (TPSA) is 12.5 Å². The highest BCUT2D eigenvalue weighted by Gasteiger charge is 2.05. The second kappa shape index (κ2) is 10.8. The Hall–Kier alpha value is -1.80. The lowest BCUT2D eigenvalue weighted by molar-refractivity contribution is 0.137. The Kier molecular flexibility index (Phi) is 8.28. The van der Waals surface area contributed by atoms with Crippen LogP contribution in [0.5, 0.6) is 0 Å². The molecule has 0 bridgehead atoms. The summed E-state index contributed by atoms with van der Waals surface area (Å²) in [5, 5.41) is 0. The molecule has 2 aromatic rings. The van der Waals surface area contributed by atoms with Gasteiger partial charge < -0.3 is 9.64 Å². The number of aryl methyl sites for hydroxylation is 1. The zero-order valence-electron chi connectivity index (χ0n) is 14.3. The molecule has 2 nitrogen and oxygen atoms in total. The number of nitrogens with zero attached hydrogens (tertiary/aromatic N) is 1. The van der Waals surface area contributed by atoms with Crippen molar-refractivity contribution in [1.29, 1.82) is 0 Å². The van der Waals surface area contributed by atoms with Gasteiger partial charge in [-0.05, 0) is 37.0 Å². The molecule has 0 spiro atoms. The van der Waals surface area contributed by atoms with Crippen LogP contribution < -0.4 is 4.90 Å². The molecular weight excluding hydrogens is 282 g/mol. The van der Waals surface area contributed by atoms with Crippen molar-refractivity contribution < 1.29 is 4.74 Å². The summed E-state index contributed by atoms with van der Waals surface area (Å²) in [5.74, 6) is 0. The Morgan fingerprint density at radius 3 is 2.17 bits per heavy atom. The first-order chi connectivity index (χ1) is 11.4. The van der Waals surface area contributed by atoms with Crippen LogP contribution in [0.4, 0.5) is 5.69 Å². The highest BCUT2D eigenvalue weighted by molar-refractivity contribution is 5.45. The molecule has 0 aliphatic carbocycles. The van der Waals surface area contributed by atoms with Crippen LogP contribution in [0.15, 0.2) is 60.7 Å². The summed E-state index contributed by atoms with van der Waals surface area (Å²) in [5.41, 5.74) is 2.69. The van der Waals surface area contributed by atoms with Crippen LogP contribution in [-0.2, 0) is 11.2 Å². The second-order valence-corrected chi connectivity index (χ2v) is 5.88. The van der Waals surface area contributed by atoms with Crippen molar-refractivity contribution in [3.63, 3.8) is 0 Å². The Labute approximate surface area is 141 Å². The molecule has 0 saturated heterocycles. The molecule has 0 amide bonds. The van der Waals surface area contributed by atoms with E-state index >= 15 is 0 Å². The van der Waals surface area contributed by atoms with E-state index in [2.05, 4.69) is 72.5 Å². The minimum Gasteiger partial charge on any atom is -0.380 e. The summed E-state index contributed by atoms with van der Waals surface area (Å²) in [7, 11) is 0. The lowest BCUT2D eigenvalue weighted by Gasteiger charge is -2.24. The first-order valence-corrected chi connectivity index (χ1v) is 8.82. The maximum absolute atomic E-state index is 5.85. The SMILES string of the molecule is CCCCN(CCOCCCc1ccccc1)c1ccccc1. The third-order valence-corrected chi connectivity index (χ3v) is 4.01. The first kappa shape index (κ1) is 17.6. The fourth-order valence-electron chi connectivity index (χ4n) is 2.66. The summed E-state index contributed by atoms with van der Waals surface area (Å²) in [4.78, 5) is 2.43. The number of hydrogen-bond donors (Lipinski definition) is 0. The highest BCUT2D eigenvalue weighted by Crippen LogP contribution is 2.13. The number of anilines is 1. The predicted octanol–water partition coefficient (Wildman–Crippen LogP) is 4.94. The third kappa shape index (κ3) is 6.87. The van der Waals surface area contributed by atoms with Gasteiger partial charge in [-0.25, -0.2) is 0 Å². The molecule has 2 heteroatoms. The standard InChI is InChI=1S/C21H29NO/c1-2-3-16-22(21-14-8-5-9-15-21)17-19-23-18-10-13-20-11-6-4-7-12-20/h4-9,11-12,14-15H,2-3,10,13,16-19H2,1H3. The quantitative estimate of drug-likeness (QED) is 0.545. The smallest absolute Gasteiger partial charge is 0.0641 e. The summed E-state index contributed by atoms with van der Waals surface area (Å²) in [6.45, 7) is 5.95. The minimum atomic E-state index is 0.799. The van der Waals surface area contributed by atoms with Gasteiger partial charge in [0.05, 0.1) is 6.61 Å². The zero-order valence-corrected chi connectivity index (χ0v) is 14.3. The number of unbranched alkanes of at least 4 members (excludes halogenated alkanes) is 1. The lowest BCUT2D eigenvalue weighted by Crippen LogP contribution is -2.28. The van der Waals surface area contributed by atoms with E-state index in [1.807, 2.05) is 0 Å². The lowest BCUT2D eigenvalue weighted by atomic mass is 10.1. The molecule has 0 N–H and O–H groups in total. The number of ether oxygens (including phenoxy) is 1. The average Bonchev–Trinajstić information content (AvgIpc) is 2.62. The van der Waals surface area contributed by atoms with E-state index in [1.54, 1.807) is 0 Å². The van der Waals surface area contributed by atoms with Crippen LogP contribution in [0.1, 0.15) is 31.7 Å². The summed E-state index contributed by atoms with van der Waals surface area (Å²) >= 11 is 0. The fourth-order valence-corrected chi connectivity index (χ4v) is 2.66.